The van der Waals surface area contributed by atoms with Crippen molar-refractivity contribution in [3.63, 3.8) is 0 Å². The number of hydrogen-bond donors (Lipinski definition) is 0. The summed E-state index contributed by atoms with van der Waals surface area (Å²) in [5.41, 5.74) is -0.517. The molecule has 0 spiro atoms. The van der Waals surface area contributed by atoms with E-state index in [0.29, 0.717) is 0 Å². The predicted molar refractivity (Wildman–Crippen MR) is 48.1 cm³/mol. The second kappa shape index (κ2) is 3.90. The average Bonchev–Trinajstić information content (AvgIpc) is 2.65. The van der Waals surface area contributed by atoms with Crippen LogP contribution in [-0.4, -0.2) is 19.4 Å². The van der Waals surface area contributed by atoms with Gasteiger partial charge in [-0.1, -0.05) is 19.8 Å². The minimum absolute atomic E-state index is 0.218. The van der Waals surface area contributed by atoms with E-state index in [0.717, 1.165) is 32.0 Å². The SMILES string of the molecule is COC(=O)C1(C(C)C=O)CCCC1. The van der Waals surface area contributed by atoms with Crippen molar-refractivity contribution in [1.82, 2.24) is 0 Å². The molecule has 1 saturated carbocycles. The zero-order chi connectivity index (χ0) is 9.90. The summed E-state index contributed by atoms with van der Waals surface area (Å²) in [6.45, 7) is 1.80. The highest BCUT2D eigenvalue weighted by molar-refractivity contribution is 5.81. The van der Waals surface area contributed by atoms with Crippen LogP contribution in [0.5, 0.6) is 0 Å². The van der Waals surface area contributed by atoms with Crippen LogP contribution in [0, 0.1) is 11.3 Å². The van der Waals surface area contributed by atoms with Crippen LogP contribution in [0.3, 0.4) is 0 Å². The summed E-state index contributed by atoms with van der Waals surface area (Å²) in [5, 5.41) is 0. The number of methoxy groups -OCH3 is 1. The molecule has 0 saturated heterocycles. The molecule has 0 aromatic rings. The van der Waals surface area contributed by atoms with Crippen LogP contribution in [-0.2, 0) is 14.3 Å². The Balaban J connectivity index is 2.86. The standard InChI is InChI=1S/C10H16O3/c1-8(7-11)10(9(12)13-2)5-3-4-6-10/h7-8H,3-6H2,1-2H3. The van der Waals surface area contributed by atoms with Gasteiger partial charge in [-0.3, -0.25) is 4.79 Å². The van der Waals surface area contributed by atoms with E-state index in [9.17, 15) is 9.59 Å². The van der Waals surface area contributed by atoms with Gasteiger partial charge < -0.3 is 9.53 Å². The quantitative estimate of drug-likeness (QED) is 0.493. The number of rotatable bonds is 3. The Morgan fingerprint density at radius 3 is 2.38 bits per heavy atom. The van der Waals surface area contributed by atoms with E-state index in [1.165, 1.54) is 7.11 Å². The highest BCUT2D eigenvalue weighted by atomic mass is 16.5. The molecule has 3 nitrogen and oxygen atoms in total. The molecule has 3 heteroatoms. The first-order valence-corrected chi connectivity index (χ1v) is 4.71. The molecule has 0 bridgehead atoms. The molecule has 0 radical (unpaired) electrons. The fraction of sp³-hybridized carbons (Fsp3) is 0.800. The monoisotopic (exact) mass is 184 g/mol. The van der Waals surface area contributed by atoms with Gasteiger partial charge in [0.2, 0.25) is 0 Å². The van der Waals surface area contributed by atoms with E-state index >= 15 is 0 Å². The second-order valence-electron chi connectivity index (χ2n) is 3.78. The minimum atomic E-state index is -0.517. The first-order valence-electron chi connectivity index (χ1n) is 4.71. The van der Waals surface area contributed by atoms with E-state index in [1.54, 1.807) is 6.92 Å². The lowest BCUT2D eigenvalue weighted by molar-refractivity contribution is -0.157. The van der Waals surface area contributed by atoms with Crippen molar-refractivity contribution in [2.75, 3.05) is 7.11 Å². The van der Waals surface area contributed by atoms with Gasteiger partial charge in [0.25, 0.3) is 0 Å². The summed E-state index contributed by atoms with van der Waals surface area (Å²) >= 11 is 0. The molecule has 1 unspecified atom stereocenters. The van der Waals surface area contributed by atoms with Crippen molar-refractivity contribution in [1.29, 1.82) is 0 Å². The van der Waals surface area contributed by atoms with Crippen LogP contribution in [0.1, 0.15) is 32.6 Å². The third-order valence-corrected chi connectivity index (χ3v) is 3.16. The maximum atomic E-state index is 11.6. The van der Waals surface area contributed by atoms with Crippen LogP contribution < -0.4 is 0 Å². The lowest BCUT2D eigenvalue weighted by Gasteiger charge is -2.28. The van der Waals surface area contributed by atoms with Crippen LogP contribution in [0.4, 0.5) is 0 Å². The Labute approximate surface area is 78.5 Å². The average molecular weight is 184 g/mol. The maximum absolute atomic E-state index is 11.6. The molecule has 1 rings (SSSR count). The maximum Gasteiger partial charge on any atom is 0.312 e. The van der Waals surface area contributed by atoms with E-state index in [-0.39, 0.29) is 11.9 Å². The van der Waals surface area contributed by atoms with Crippen LogP contribution >= 0.6 is 0 Å². The third-order valence-electron chi connectivity index (χ3n) is 3.16. The summed E-state index contributed by atoms with van der Waals surface area (Å²) in [5.74, 6) is -0.438. The minimum Gasteiger partial charge on any atom is -0.469 e. The van der Waals surface area contributed by atoms with Gasteiger partial charge in [0.1, 0.15) is 6.29 Å². The summed E-state index contributed by atoms with van der Waals surface area (Å²) in [6, 6.07) is 0. The molecule has 0 N–H and O–H groups in total. The highest BCUT2D eigenvalue weighted by Crippen LogP contribution is 2.44. The highest BCUT2D eigenvalue weighted by Gasteiger charge is 2.46. The summed E-state index contributed by atoms with van der Waals surface area (Å²) in [4.78, 5) is 22.3. The first-order chi connectivity index (χ1) is 6.17. The van der Waals surface area contributed by atoms with E-state index < -0.39 is 5.41 Å². The molecule has 0 heterocycles. The zero-order valence-electron chi connectivity index (χ0n) is 8.21. The smallest absolute Gasteiger partial charge is 0.312 e. The predicted octanol–water partition coefficient (Wildman–Crippen LogP) is 1.55. The molecular weight excluding hydrogens is 168 g/mol. The zero-order valence-corrected chi connectivity index (χ0v) is 8.21. The van der Waals surface area contributed by atoms with Crippen molar-refractivity contribution in [2.45, 2.75) is 32.6 Å². The molecule has 0 aromatic carbocycles. The molecule has 74 valence electrons. The van der Waals surface area contributed by atoms with Crippen LogP contribution in [0.15, 0.2) is 0 Å². The molecular formula is C10H16O3. The third kappa shape index (κ3) is 1.60. The van der Waals surface area contributed by atoms with Crippen molar-refractivity contribution in [3.05, 3.63) is 0 Å². The molecule has 0 aliphatic heterocycles. The number of hydrogen-bond acceptors (Lipinski definition) is 3. The van der Waals surface area contributed by atoms with Gasteiger partial charge in [-0.15, -0.1) is 0 Å². The topological polar surface area (TPSA) is 43.4 Å². The molecule has 1 aliphatic rings. The first kappa shape index (κ1) is 10.2. The molecule has 1 aliphatic carbocycles. The molecule has 0 aromatic heterocycles. The largest absolute Gasteiger partial charge is 0.469 e. The summed E-state index contributed by atoms with van der Waals surface area (Å²) in [7, 11) is 1.39. The van der Waals surface area contributed by atoms with E-state index in [4.69, 9.17) is 4.74 Å². The molecule has 1 fully saturated rings. The molecule has 1 atom stereocenters. The molecule has 13 heavy (non-hydrogen) atoms. The van der Waals surface area contributed by atoms with Crippen molar-refractivity contribution >= 4 is 12.3 Å². The number of carbonyl (C=O) groups is 2. The van der Waals surface area contributed by atoms with Crippen molar-refractivity contribution in [2.24, 2.45) is 11.3 Å². The number of aldehydes is 1. The lowest BCUT2D eigenvalue weighted by Crippen LogP contribution is -2.36. The Kier molecular flexibility index (Phi) is 3.07. The fourth-order valence-electron chi connectivity index (χ4n) is 2.18. The van der Waals surface area contributed by atoms with Gasteiger partial charge in [-0.2, -0.15) is 0 Å². The molecule has 0 amide bonds. The van der Waals surface area contributed by atoms with E-state index in [2.05, 4.69) is 0 Å². The number of carbonyl (C=O) groups excluding carboxylic acids is 2. The Hall–Kier alpha value is -0.860. The van der Waals surface area contributed by atoms with Gasteiger partial charge in [0, 0.05) is 5.92 Å². The second-order valence-corrected chi connectivity index (χ2v) is 3.78. The Bertz CT molecular complexity index is 204. The van der Waals surface area contributed by atoms with Gasteiger partial charge in [-0.25, -0.2) is 0 Å². The van der Waals surface area contributed by atoms with Gasteiger partial charge >= 0.3 is 5.97 Å². The number of ether oxygens (including phenoxy) is 1. The van der Waals surface area contributed by atoms with Gasteiger partial charge in [0.05, 0.1) is 12.5 Å². The van der Waals surface area contributed by atoms with Crippen LogP contribution in [0.2, 0.25) is 0 Å². The fourth-order valence-corrected chi connectivity index (χ4v) is 2.18. The Morgan fingerprint density at radius 1 is 1.46 bits per heavy atom. The number of esters is 1. The van der Waals surface area contributed by atoms with Crippen LogP contribution in [0.25, 0.3) is 0 Å². The summed E-state index contributed by atoms with van der Waals surface area (Å²) in [6.07, 6.45) is 4.49. The normalized spacial score (nSPS) is 22.3. The van der Waals surface area contributed by atoms with Crippen molar-refractivity contribution in [3.8, 4) is 0 Å². The van der Waals surface area contributed by atoms with Gasteiger partial charge in [0.15, 0.2) is 0 Å². The van der Waals surface area contributed by atoms with E-state index in [1.807, 2.05) is 0 Å². The van der Waals surface area contributed by atoms with Gasteiger partial charge in [-0.05, 0) is 12.8 Å². The summed E-state index contributed by atoms with van der Waals surface area (Å²) < 4.78 is 4.76. The van der Waals surface area contributed by atoms with Crippen molar-refractivity contribution < 1.29 is 14.3 Å². The Morgan fingerprint density at radius 2 is 2.00 bits per heavy atom. The lowest BCUT2D eigenvalue weighted by atomic mass is 9.75.